The summed E-state index contributed by atoms with van der Waals surface area (Å²) in [5, 5.41) is 14.2. The highest BCUT2D eigenvalue weighted by Gasteiger charge is 2.18. The van der Waals surface area contributed by atoms with Gasteiger partial charge in [-0.3, -0.25) is 19.6 Å². The first kappa shape index (κ1) is 21.5. The molecule has 0 fully saturated rings. The van der Waals surface area contributed by atoms with Crippen molar-refractivity contribution >= 4 is 33.7 Å². The number of furan rings is 1. The summed E-state index contributed by atoms with van der Waals surface area (Å²) >= 11 is 0. The van der Waals surface area contributed by atoms with Crippen molar-refractivity contribution in [1.29, 1.82) is 0 Å². The Morgan fingerprint density at radius 2 is 1.94 bits per heavy atom. The SMILES string of the molecule is COc1ccccc1NS(=O)(=O)c1cccc(C(=O)N/N=C\c2ccc([N+](=O)[O-])o2)c1. The largest absolute Gasteiger partial charge is 0.495 e. The van der Waals surface area contributed by atoms with Gasteiger partial charge in [-0.15, -0.1) is 0 Å². The smallest absolute Gasteiger partial charge is 0.433 e. The number of para-hydroxylation sites is 2. The van der Waals surface area contributed by atoms with Gasteiger partial charge in [0.1, 0.15) is 10.7 Å². The second kappa shape index (κ2) is 9.09. The van der Waals surface area contributed by atoms with Crippen LogP contribution >= 0.6 is 0 Å². The lowest BCUT2D eigenvalue weighted by molar-refractivity contribution is -0.402. The predicted molar refractivity (Wildman–Crippen MR) is 111 cm³/mol. The zero-order valence-corrected chi connectivity index (χ0v) is 16.8. The van der Waals surface area contributed by atoms with Gasteiger partial charge in [-0.05, 0) is 36.4 Å². The van der Waals surface area contributed by atoms with E-state index in [9.17, 15) is 23.3 Å². The molecular weight excluding hydrogens is 428 g/mol. The van der Waals surface area contributed by atoms with Crippen molar-refractivity contribution in [2.24, 2.45) is 5.10 Å². The summed E-state index contributed by atoms with van der Waals surface area (Å²) in [7, 11) is -2.58. The lowest BCUT2D eigenvalue weighted by Gasteiger charge is -2.12. The molecule has 3 aromatic rings. The van der Waals surface area contributed by atoms with Crippen molar-refractivity contribution in [3.63, 3.8) is 0 Å². The normalized spacial score (nSPS) is 11.3. The Labute approximate surface area is 176 Å². The van der Waals surface area contributed by atoms with Gasteiger partial charge >= 0.3 is 5.88 Å². The highest BCUT2D eigenvalue weighted by Crippen LogP contribution is 2.26. The van der Waals surface area contributed by atoms with Crippen LogP contribution in [-0.2, 0) is 10.0 Å². The van der Waals surface area contributed by atoms with E-state index in [1.807, 2.05) is 0 Å². The molecule has 0 bridgehead atoms. The number of methoxy groups -OCH3 is 1. The van der Waals surface area contributed by atoms with Gasteiger partial charge in [0.2, 0.25) is 0 Å². The molecule has 160 valence electrons. The third-order valence-corrected chi connectivity index (χ3v) is 5.27. The molecule has 0 radical (unpaired) electrons. The van der Waals surface area contributed by atoms with Crippen molar-refractivity contribution in [2.75, 3.05) is 11.8 Å². The number of nitrogens with one attached hydrogen (secondary N) is 2. The van der Waals surface area contributed by atoms with Crippen LogP contribution in [0.25, 0.3) is 0 Å². The quantitative estimate of drug-likeness (QED) is 0.308. The second-order valence-electron chi connectivity index (χ2n) is 5.97. The molecule has 3 rings (SSSR count). The lowest BCUT2D eigenvalue weighted by Crippen LogP contribution is -2.19. The molecule has 1 heterocycles. The molecule has 0 unspecified atom stereocenters. The van der Waals surface area contributed by atoms with Crippen molar-refractivity contribution in [3.8, 4) is 5.75 Å². The maximum atomic E-state index is 12.7. The van der Waals surface area contributed by atoms with E-state index in [1.54, 1.807) is 24.3 Å². The third kappa shape index (κ3) is 5.25. The minimum absolute atomic E-state index is 0.0328. The van der Waals surface area contributed by atoms with Gasteiger partial charge in [-0.25, -0.2) is 13.8 Å². The van der Waals surface area contributed by atoms with Gasteiger partial charge in [0.15, 0.2) is 5.76 Å². The zero-order chi connectivity index (χ0) is 22.4. The van der Waals surface area contributed by atoms with Crippen molar-refractivity contribution in [1.82, 2.24) is 5.43 Å². The summed E-state index contributed by atoms with van der Waals surface area (Å²) in [4.78, 5) is 22.0. The van der Waals surface area contributed by atoms with Gasteiger partial charge in [0, 0.05) is 5.56 Å². The highest BCUT2D eigenvalue weighted by molar-refractivity contribution is 7.92. The van der Waals surface area contributed by atoms with Crippen molar-refractivity contribution in [2.45, 2.75) is 4.90 Å². The molecule has 0 aliphatic carbocycles. The molecule has 2 aromatic carbocycles. The van der Waals surface area contributed by atoms with Crippen LogP contribution in [0.1, 0.15) is 16.1 Å². The molecule has 0 aliphatic heterocycles. The number of nitro groups is 1. The number of hydrogen-bond acceptors (Lipinski definition) is 8. The number of carbonyl (C=O) groups excluding carboxylic acids is 1. The number of hydrazone groups is 1. The minimum atomic E-state index is -4.00. The van der Waals surface area contributed by atoms with Gasteiger partial charge in [0.25, 0.3) is 15.9 Å². The molecule has 0 aliphatic rings. The molecular formula is C19H16N4O7S. The standard InChI is InChI=1S/C19H16N4O7S/c1-29-17-8-3-2-7-16(17)22-31(27,28)15-6-4-5-13(11-15)19(24)21-20-12-14-9-10-18(30-14)23(25)26/h2-12,22H,1H3,(H,21,24)/b20-12-. The van der Waals surface area contributed by atoms with Crippen LogP contribution in [0.15, 0.2) is 75.1 Å². The molecule has 0 atom stereocenters. The number of ether oxygens (including phenoxy) is 1. The summed E-state index contributed by atoms with van der Waals surface area (Å²) in [6.07, 6.45) is 1.08. The van der Waals surface area contributed by atoms with Gasteiger partial charge in [-0.2, -0.15) is 5.10 Å². The van der Waals surface area contributed by atoms with Gasteiger partial charge < -0.3 is 9.15 Å². The average molecular weight is 444 g/mol. The summed E-state index contributed by atoms with van der Waals surface area (Å²) in [5.74, 6) is -0.753. The van der Waals surface area contributed by atoms with Gasteiger partial charge in [-0.1, -0.05) is 18.2 Å². The number of rotatable bonds is 8. The molecule has 1 amide bonds. The van der Waals surface area contributed by atoms with Crippen LogP contribution in [0.2, 0.25) is 0 Å². The van der Waals surface area contributed by atoms with Crippen LogP contribution in [-0.4, -0.2) is 32.6 Å². The first-order valence-electron chi connectivity index (χ1n) is 8.63. The molecule has 12 heteroatoms. The Kier molecular flexibility index (Phi) is 6.31. The number of amides is 1. The van der Waals surface area contributed by atoms with Crippen LogP contribution in [0, 0.1) is 10.1 Å². The Morgan fingerprint density at radius 1 is 1.16 bits per heavy atom. The highest BCUT2D eigenvalue weighted by atomic mass is 32.2. The van der Waals surface area contributed by atoms with Crippen molar-refractivity contribution in [3.05, 3.63) is 82.1 Å². The number of carbonyl (C=O) groups is 1. The van der Waals surface area contributed by atoms with Gasteiger partial charge in [0.05, 0.1) is 30.0 Å². The molecule has 1 aromatic heterocycles. The van der Waals surface area contributed by atoms with Crippen LogP contribution in [0.3, 0.4) is 0 Å². The van der Waals surface area contributed by atoms with E-state index in [2.05, 4.69) is 15.2 Å². The topological polar surface area (TPSA) is 153 Å². The Bertz CT molecular complexity index is 1250. The summed E-state index contributed by atoms with van der Waals surface area (Å²) in [6.45, 7) is 0. The van der Waals surface area contributed by atoms with E-state index in [4.69, 9.17) is 9.15 Å². The summed E-state index contributed by atoms with van der Waals surface area (Å²) in [6, 6.07) is 14.3. The lowest BCUT2D eigenvalue weighted by atomic mass is 10.2. The Balaban J connectivity index is 1.73. The van der Waals surface area contributed by atoms with Crippen molar-refractivity contribution < 1.29 is 27.3 Å². The molecule has 0 saturated heterocycles. The first-order chi connectivity index (χ1) is 14.8. The van der Waals surface area contributed by atoms with E-state index in [0.717, 1.165) is 12.3 Å². The number of sulfonamides is 1. The fourth-order valence-corrected chi connectivity index (χ4v) is 3.58. The molecule has 0 spiro atoms. The van der Waals surface area contributed by atoms with E-state index in [0.29, 0.717) is 5.75 Å². The van der Waals surface area contributed by atoms with Crippen LogP contribution < -0.4 is 14.9 Å². The molecule has 11 nitrogen and oxygen atoms in total. The van der Waals surface area contributed by atoms with E-state index >= 15 is 0 Å². The fraction of sp³-hybridized carbons (Fsp3) is 0.0526. The fourth-order valence-electron chi connectivity index (χ4n) is 2.47. The summed E-state index contributed by atoms with van der Waals surface area (Å²) < 4.78 is 37.8. The second-order valence-corrected chi connectivity index (χ2v) is 7.65. The maximum Gasteiger partial charge on any atom is 0.433 e. The molecule has 2 N–H and O–H groups in total. The van der Waals surface area contributed by atoms with Crippen LogP contribution in [0.5, 0.6) is 5.75 Å². The van der Waals surface area contributed by atoms with E-state index < -0.39 is 26.7 Å². The number of nitrogens with zero attached hydrogens (tertiary/aromatic N) is 2. The number of benzene rings is 2. The van der Waals surface area contributed by atoms with E-state index in [-0.39, 0.29) is 21.9 Å². The predicted octanol–water partition coefficient (Wildman–Crippen LogP) is 2.76. The first-order valence-corrected chi connectivity index (χ1v) is 10.1. The number of anilines is 1. The minimum Gasteiger partial charge on any atom is -0.495 e. The molecule has 0 saturated carbocycles. The Hall–Kier alpha value is -4.19. The van der Waals surface area contributed by atoms with E-state index in [1.165, 1.54) is 37.4 Å². The summed E-state index contributed by atoms with van der Waals surface area (Å²) in [5.41, 5.74) is 2.48. The monoisotopic (exact) mass is 444 g/mol. The maximum absolute atomic E-state index is 12.7. The zero-order valence-electron chi connectivity index (χ0n) is 16.0. The number of hydrogen-bond donors (Lipinski definition) is 2. The Morgan fingerprint density at radius 3 is 2.65 bits per heavy atom. The molecule has 31 heavy (non-hydrogen) atoms. The van der Waals surface area contributed by atoms with Crippen LogP contribution in [0.4, 0.5) is 11.6 Å². The average Bonchev–Trinajstić information content (AvgIpc) is 3.23. The third-order valence-electron chi connectivity index (χ3n) is 3.91.